The quantitative estimate of drug-likeness (QED) is 0.619. The first-order valence-electron chi connectivity index (χ1n) is 9.62. The number of amides is 1. The van der Waals surface area contributed by atoms with Crippen molar-refractivity contribution in [1.29, 1.82) is 0 Å². The number of ether oxygens (including phenoxy) is 1. The number of carbonyl (C=O) groups excluding carboxylic acids is 1. The Labute approximate surface area is 190 Å². The van der Waals surface area contributed by atoms with E-state index in [0.717, 1.165) is 10.0 Å². The normalized spacial score (nSPS) is 16.8. The molecule has 3 rings (SSSR count). The minimum absolute atomic E-state index is 0.0491. The molecule has 30 heavy (non-hydrogen) atoms. The van der Waals surface area contributed by atoms with Gasteiger partial charge in [-0.2, -0.15) is 4.31 Å². The van der Waals surface area contributed by atoms with Gasteiger partial charge in [-0.3, -0.25) is 4.79 Å². The zero-order chi connectivity index (χ0) is 21.9. The number of hydrogen-bond donors (Lipinski definition) is 1. The van der Waals surface area contributed by atoms with Crippen LogP contribution in [0.4, 0.5) is 0 Å². The summed E-state index contributed by atoms with van der Waals surface area (Å²) in [6.07, 6.45) is 0.945. The molecule has 0 bridgehead atoms. The van der Waals surface area contributed by atoms with Crippen LogP contribution < -0.4 is 10.1 Å². The number of carbonyl (C=O) groups is 1. The topological polar surface area (TPSA) is 75.7 Å². The lowest BCUT2D eigenvalue weighted by molar-refractivity contribution is -0.126. The number of piperidine rings is 1. The summed E-state index contributed by atoms with van der Waals surface area (Å²) in [7, 11) is -2.20. The molecule has 1 N–H and O–H groups in total. The number of nitrogens with one attached hydrogen (secondary N) is 1. The number of hydrogen-bond acceptors (Lipinski definition) is 4. The molecule has 0 spiro atoms. The van der Waals surface area contributed by atoms with Crippen LogP contribution in [0.3, 0.4) is 0 Å². The van der Waals surface area contributed by atoms with Crippen molar-refractivity contribution in [3.8, 4) is 5.75 Å². The number of benzene rings is 2. The Balaban J connectivity index is 1.61. The number of rotatable bonds is 6. The summed E-state index contributed by atoms with van der Waals surface area (Å²) < 4.78 is 33.3. The second kappa shape index (κ2) is 9.68. The minimum atomic E-state index is -3.67. The molecule has 0 unspecified atom stereocenters. The number of methoxy groups -OCH3 is 1. The third-order valence-corrected chi connectivity index (χ3v) is 7.98. The maximum atomic E-state index is 12.9. The highest BCUT2D eigenvalue weighted by molar-refractivity contribution is 9.10. The van der Waals surface area contributed by atoms with Gasteiger partial charge >= 0.3 is 0 Å². The molecule has 1 heterocycles. The molecule has 162 valence electrons. The summed E-state index contributed by atoms with van der Waals surface area (Å²) in [6.45, 7) is 2.51. The lowest BCUT2D eigenvalue weighted by Crippen LogP contribution is -2.43. The van der Waals surface area contributed by atoms with Crippen molar-refractivity contribution in [2.24, 2.45) is 5.92 Å². The van der Waals surface area contributed by atoms with Crippen LogP contribution in [0.25, 0.3) is 0 Å². The largest absolute Gasteiger partial charge is 0.495 e. The first-order valence-corrected chi connectivity index (χ1v) is 12.2. The van der Waals surface area contributed by atoms with E-state index in [1.807, 2.05) is 31.2 Å². The fourth-order valence-electron chi connectivity index (χ4n) is 3.51. The van der Waals surface area contributed by atoms with Crippen LogP contribution in [0.5, 0.6) is 5.75 Å². The molecular formula is C21H24BrClN2O4S. The van der Waals surface area contributed by atoms with Gasteiger partial charge < -0.3 is 10.1 Å². The Hall–Kier alpha value is -1.61. The molecule has 0 aromatic heterocycles. The monoisotopic (exact) mass is 514 g/mol. The fourth-order valence-corrected chi connectivity index (χ4v) is 5.74. The lowest BCUT2D eigenvalue weighted by Gasteiger charge is -2.31. The van der Waals surface area contributed by atoms with Crippen molar-refractivity contribution >= 4 is 43.5 Å². The van der Waals surface area contributed by atoms with Gasteiger partial charge in [0.2, 0.25) is 15.9 Å². The molecule has 0 radical (unpaired) electrons. The zero-order valence-corrected chi connectivity index (χ0v) is 19.9. The second-order valence-corrected chi connectivity index (χ2v) is 10.5. The molecule has 1 amide bonds. The highest BCUT2D eigenvalue weighted by Crippen LogP contribution is 2.30. The smallest absolute Gasteiger partial charge is 0.243 e. The Bertz CT molecular complexity index is 1020. The molecule has 9 heteroatoms. The molecule has 1 saturated heterocycles. The van der Waals surface area contributed by atoms with E-state index in [0.29, 0.717) is 18.6 Å². The highest BCUT2D eigenvalue weighted by atomic mass is 79.9. The molecule has 1 fully saturated rings. The van der Waals surface area contributed by atoms with Crippen LogP contribution in [0.15, 0.2) is 51.8 Å². The van der Waals surface area contributed by atoms with Crippen molar-refractivity contribution in [2.75, 3.05) is 20.2 Å². The van der Waals surface area contributed by atoms with Crippen molar-refractivity contribution in [2.45, 2.75) is 30.7 Å². The summed E-state index contributed by atoms with van der Waals surface area (Å²) in [4.78, 5) is 12.8. The fraction of sp³-hybridized carbons (Fsp3) is 0.381. The van der Waals surface area contributed by atoms with Gasteiger partial charge in [-0.05, 0) is 55.7 Å². The van der Waals surface area contributed by atoms with Crippen molar-refractivity contribution in [3.05, 3.63) is 57.5 Å². The van der Waals surface area contributed by atoms with E-state index < -0.39 is 10.0 Å². The van der Waals surface area contributed by atoms with Crippen LogP contribution in [0, 0.1) is 5.92 Å². The van der Waals surface area contributed by atoms with Crippen LogP contribution in [-0.4, -0.2) is 38.8 Å². The SMILES string of the molecule is COc1ccc(S(=O)(=O)N2CCC(C(=O)N[C@H](C)c3cccc(Br)c3)CC2)cc1Cl. The number of sulfonamides is 1. The summed E-state index contributed by atoms with van der Waals surface area (Å²) in [5.74, 6) is 0.156. The maximum Gasteiger partial charge on any atom is 0.243 e. The summed E-state index contributed by atoms with van der Waals surface area (Å²) in [5.41, 5.74) is 1.01. The molecular weight excluding hydrogens is 492 g/mol. The number of nitrogens with zero attached hydrogens (tertiary/aromatic N) is 1. The van der Waals surface area contributed by atoms with Crippen LogP contribution in [0.1, 0.15) is 31.4 Å². The Morgan fingerprint density at radius 3 is 2.53 bits per heavy atom. The van der Waals surface area contributed by atoms with Gasteiger partial charge in [0.25, 0.3) is 0 Å². The van der Waals surface area contributed by atoms with Crippen molar-refractivity contribution in [1.82, 2.24) is 9.62 Å². The molecule has 1 aliphatic rings. The number of halogens is 2. The van der Waals surface area contributed by atoms with E-state index in [9.17, 15) is 13.2 Å². The minimum Gasteiger partial charge on any atom is -0.495 e. The van der Waals surface area contributed by atoms with E-state index in [-0.39, 0.29) is 40.9 Å². The Morgan fingerprint density at radius 1 is 1.23 bits per heavy atom. The van der Waals surface area contributed by atoms with E-state index in [1.165, 1.54) is 23.5 Å². The van der Waals surface area contributed by atoms with E-state index in [4.69, 9.17) is 16.3 Å². The predicted molar refractivity (Wildman–Crippen MR) is 120 cm³/mol. The van der Waals surface area contributed by atoms with E-state index >= 15 is 0 Å². The van der Waals surface area contributed by atoms with Gasteiger partial charge in [0.1, 0.15) is 5.75 Å². The third kappa shape index (κ3) is 5.17. The van der Waals surface area contributed by atoms with E-state index in [2.05, 4.69) is 21.2 Å². The summed E-state index contributed by atoms with van der Waals surface area (Å²) in [5, 5.41) is 3.28. The first kappa shape index (κ1) is 23.1. The molecule has 2 aromatic rings. The van der Waals surface area contributed by atoms with E-state index in [1.54, 1.807) is 6.07 Å². The zero-order valence-electron chi connectivity index (χ0n) is 16.8. The summed E-state index contributed by atoms with van der Waals surface area (Å²) >= 11 is 9.52. The molecule has 0 aliphatic carbocycles. The van der Waals surface area contributed by atoms with Gasteiger partial charge in [0.05, 0.1) is 23.1 Å². The van der Waals surface area contributed by atoms with Gasteiger partial charge in [-0.15, -0.1) is 0 Å². The molecule has 1 aliphatic heterocycles. The van der Waals surface area contributed by atoms with Crippen molar-refractivity contribution in [3.63, 3.8) is 0 Å². The van der Waals surface area contributed by atoms with Gasteiger partial charge in [-0.25, -0.2) is 8.42 Å². The highest BCUT2D eigenvalue weighted by Gasteiger charge is 2.32. The van der Waals surface area contributed by atoms with Crippen molar-refractivity contribution < 1.29 is 17.9 Å². The van der Waals surface area contributed by atoms with Gasteiger partial charge in [-0.1, -0.05) is 39.7 Å². The van der Waals surface area contributed by atoms with Crippen LogP contribution in [0.2, 0.25) is 5.02 Å². The summed E-state index contributed by atoms with van der Waals surface area (Å²) in [6, 6.07) is 12.1. The molecule has 2 aromatic carbocycles. The molecule has 1 atom stereocenters. The van der Waals surface area contributed by atoms with Crippen LogP contribution in [-0.2, 0) is 14.8 Å². The second-order valence-electron chi connectivity index (χ2n) is 7.26. The first-order chi connectivity index (χ1) is 14.2. The van der Waals surface area contributed by atoms with Crippen LogP contribution >= 0.6 is 27.5 Å². The average molecular weight is 516 g/mol. The Morgan fingerprint density at radius 2 is 1.93 bits per heavy atom. The standard InChI is InChI=1S/C21H24BrClN2O4S/c1-14(16-4-3-5-17(22)12-16)24-21(26)15-8-10-25(11-9-15)30(27,28)18-6-7-20(29-2)19(23)13-18/h3-7,12-15H,8-11H2,1-2H3,(H,24,26)/t14-/m1/s1. The third-order valence-electron chi connectivity index (χ3n) is 5.29. The molecule has 0 saturated carbocycles. The Kier molecular flexibility index (Phi) is 7.44. The molecule has 6 nitrogen and oxygen atoms in total. The maximum absolute atomic E-state index is 12.9. The lowest BCUT2D eigenvalue weighted by atomic mass is 9.96. The average Bonchev–Trinajstić information content (AvgIpc) is 2.73. The van der Waals surface area contributed by atoms with Gasteiger partial charge in [0.15, 0.2) is 0 Å². The van der Waals surface area contributed by atoms with Gasteiger partial charge in [0, 0.05) is 23.5 Å². The predicted octanol–water partition coefficient (Wildman–Crippen LogP) is 4.39.